The van der Waals surface area contributed by atoms with Crippen molar-refractivity contribution in [2.75, 3.05) is 25.5 Å². The molecule has 1 aliphatic heterocycles. The van der Waals surface area contributed by atoms with Gasteiger partial charge < -0.3 is 10.2 Å². The van der Waals surface area contributed by atoms with Gasteiger partial charge in [-0.2, -0.15) is 0 Å². The van der Waals surface area contributed by atoms with E-state index in [4.69, 9.17) is 0 Å². The van der Waals surface area contributed by atoms with Crippen LogP contribution in [0.1, 0.15) is 38.3 Å². The van der Waals surface area contributed by atoms with Crippen LogP contribution >= 0.6 is 0 Å². The molecule has 0 aromatic heterocycles. The molecule has 2 rings (SSSR count). The molecule has 0 radical (unpaired) electrons. The summed E-state index contributed by atoms with van der Waals surface area (Å²) in [6, 6.07) is 7.65. The topological polar surface area (TPSA) is 52.7 Å². The Balaban J connectivity index is 2.21. The molecule has 1 N–H and O–H groups in total. The standard InChI is InChI=1S/C17H25N3O2/c1-5-15(19(3)4)17(22)18-14-10-11-20(12(2)21)16-9-7-6-8-13(14)16/h6-9,14-15H,5,10-11H2,1-4H3,(H,18,22)/t14-,15+/m0/s1. The van der Waals surface area contributed by atoms with Crippen LogP contribution in [0, 0.1) is 0 Å². The van der Waals surface area contributed by atoms with Gasteiger partial charge in [-0.1, -0.05) is 25.1 Å². The number of amides is 2. The summed E-state index contributed by atoms with van der Waals surface area (Å²) in [7, 11) is 3.83. The first-order chi connectivity index (χ1) is 10.5. The zero-order valence-corrected chi connectivity index (χ0v) is 13.8. The monoisotopic (exact) mass is 303 g/mol. The molecule has 0 fully saturated rings. The highest BCUT2D eigenvalue weighted by molar-refractivity contribution is 5.93. The van der Waals surface area contributed by atoms with E-state index in [1.165, 1.54) is 0 Å². The predicted octanol–water partition coefficient (Wildman–Crippen LogP) is 1.94. The minimum Gasteiger partial charge on any atom is -0.348 e. The van der Waals surface area contributed by atoms with E-state index in [1.54, 1.807) is 11.8 Å². The third-order valence-corrected chi connectivity index (χ3v) is 4.25. The summed E-state index contributed by atoms with van der Waals surface area (Å²) in [6.45, 7) is 4.22. The average molecular weight is 303 g/mol. The fourth-order valence-electron chi connectivity index (χ4n) is 3.09. The van der Waals surface area contributed by atoms with E-state index in [0.29, 0.717) is 6.54 Å². The first-order valence-electron chi connectivity index (χ1n) is 7.79. The SMILES string of the molecule is CC[C@H](C(=O)N[C@H]1CCN(C(C)=O)c2ccccc21)N(C)C. The van der Waals surface area contributed by atoms with Crippen LogP contribution in [-0.4, -0.2) is 43.4 Å². The van der Waals surface area contributed by atoms with Gasteiger partial charge in [-0.05, 0) is 38.6 Å². The summed E-state index contributed by atoms with van der Waals surface area (Å²) in [5.41, 5.74) is 1.93. The lowest BCUT2D eigenvalue weighted by Crippen LogP contribution is -2.46. The second-order valence-electron chi connectivity index (χ2n) is 5.97. The fourth-order valence-corrected chi connectivity index (χ4v) is 3.09. The van der Waals surface area contributed by atoms with Gasteiger partial charge in [0.1, 0.15) is 0 Å². The zero-order valence-electron chi connectivity index (χ0n) is 13.8. The Labute approximate surface area is 132 Å². The summed E-state index contributed by atoms with van der Waals surface area (Å²) in [6.07, 6.45) is 1.51. The Bertz CT molecular complexity index is 557. The number of carbonyl (C=O) groups excluding carboxylic acids is 2. The number of nitrogens with zero attached hydrogens (tertiary/aromatic N) is 2. The van der Waals surface area contributed by atoms with Crippen molar-refractivity contribution in [1.29, 1.82) is 0 Å². The summed E-state index contributed by atoms with van der Waals surface area (Å²) in [4.78, 5) is 28.0. The van der Waals surface area contributed by atoms with Gasteiger partial charge in [0.25, 0.3) is 0 Å². The lowest BCUT2D eigenvalue weighted by molar-refractivity contribution is -0.126. The summed E-state index contributed by atoms with van der Waals surface area (Å²) in [5.74, 6) is 0.0838. The summed E-state index contributed by atoms with van der Waals surface area (Å²) < 4.78 is 0. The van der Waals surface area contributed by atoms with Crippen LogP contribution in [0.4, 0.5) is 5.69 Å². The van der Waals surface area contributed by atoms with E-state index in [9.17, 15) is 9.59 Å². The Morgan fingerprint density at radius 3 is 2.64 bits per heavy atom. The van der Waals surface area contributed by atoms with Gasteiger partial charge >= 0.3 is 0 Å². The highest BCUT2D eigenvalue weighted by Gasteiger charge is 2.29. The third-order valence-electron chi connectivity index (χ3n) is 4.25. The smallest absolute Gasteiger partial charge is 0.237 e. The number of likely N-dealkylation sites (N-methyl/N-ethyl adjacent to an activating group) is 1. The second kappa shape index (κ2) is 6.92. The fraction of sp³-hybridized carbons (Fsp3) is 0.529. The first kappa shape index (κ1) is 16.5. The zero-order chi connectivity index (χ0) is 16.3. The van der Waals surface area contributed by atoms with E-state index < -0.39 is 0 Å². The van der Waals surface area contributed by atoms with Crippen LogP contribution in [0.5, 0.6) is 0 Å². The Hall–Kier alpha value is -1.88. The molecule has 0 saturated heterocycles. The molecule has 5 heteroatoms. The molecule has 120 valence electrons. The maximum atomic E-state index is 12.5. The molecule has 1 aromatic rings. The van der Waals surface area contributed by atoms with Crippen LogP contribution in [0.15, 0.2) is 24.3 Å². The molecule has 2 atom stereocenters. The molecule has 5 nitrogen and oxygen atoms in total. The van der Waals surface area contributed by atoms with Crippen molar-refractivity contribution in [3.8, 4) is 0 Å². The molecule has 0 bridgehead atoms. The minimum absolute atomic E-state index is 0.0340. The second-order valence-corrected chi connectivity index (χ2v) is 5.97. The summed E-state index contributed by atoms with van der Waals surface area (Å²) in [5, 5.41) is 3.15. The van der Waals surface area contributed by atoms with Crippen molar-refractivity contribution in [1.82, 2.24) is 10.2 Å². The molecule has 0 aliphatic carbocycles. The molecule has 1 heterocycles. The van der Waals surface area contributed by atoms with E-state index in [2.05, 4.69) is 5.32 Å². The third kappa shape index (κ3) is 3.30. The molecule has 2 amide bonds. The molecular weight excluding hydrogens is 278 g/mol. The molecule has 0 spiro atoms. The minimum atomic E-state index is -0.127. The van der Waals surface area contributed by atoms with Crippen molar-refractivity contribution in [2.45, 2.75) is 38.8 Å². The lowest BCUT2D eigenvalue weighted by atomic mass is 9.95. The Morgan fingerprint density at radius 2 is 2.05 bits per heavy atom. The lowest BCUT2D eigenvalue weighted by Gasteiger charge is -2.35. The number of fused-ring (bicyclic) bond motifs is 1. The number of benzene rings is 1. The predicted molar refractivity (Wildman–Crippen MR) is 87.7 cm³/mol. The van der Waals surface area contributed by atoms with E-state index in [1.807, 2.05) is 50.2 Å². The molecular formula is C17H25N3O2. The maximum Gasteiger partial charge on any atom is 0.237 e. The number of rotatable bonds is 4. The van der Waals surface area contributed by atoms with Gasteiger partial charge in [0.15, 0.2) is 0 Å². The number of carbonyl (C=O) groups is 2. The van der Waals surface area contributed by atoms with Crippen molar-refractivity contribution in [3.63, 3.8) is 0 Å². The van der Waals surface area contributed by atoms with Crippen molar-refractivity contribution in [2.24, 2.45) is 0 Å². The highest BCUT2D eigenvalue weighted by atomic mass is 16.2. The van der Waals surface area contributed by atoms with Crippen LogP contribution in [-0.2, 0) is 9.59 Å². The van der Waals surface area contributed by atoms with Crippen molar-refractivity contribution in [3.05, 3.63) is 29.8 Å². The van der Waals surface area contributed by atoms with E-state index in [-0.39, 0.29) is 23.9 Å². The molecule has 0 unspecified atom stereocenters. The molecule has 22 heavy (non-hydrogen) atoms. The number of nitrogens with one attached hydrogen (secondary N) is 1. The number of hydrogen-bond donors (Lipinski definition) is 1. The van der Waals surface area contributed by atoms with E-state index in [0.717, 1.165) is 24.1 Å². The molecule has 1 aliphatic rings. The number of anilines is 1. The molecule has 1 aromatic carbocycles. The maximum absolute atomic E-state index is 12.5. The van der Waals surface area contributed by atoms with E-state index >= 15 is 0 Å². The number of para-hydroxylation sites is 1. The van der Waals surface area contributed by atoms with Crippen LogP contribution < -0.4 is 10.2 Å². The van der Waals surface area contributed by atoms with Crippen LogP contribution in [0.2, 0.25) is 0 Å². The summed E-state index contributed by atoms with van der Waals surface area (Å²) >= 11 is 0. The quantitative estimate of drug-likeness (QED) is 0.925. The van der Waals surface area contributed by atoms with Gasteiger partial charge in [0.2, 0.25) is 11.8 Å². The number of hydrogen-bond acceptors (Lipinski definition) is 3. The van der Waals surface area contributed by atoms with Gasteiger partial charge in [-0.15, -0.1) is 0 Å². The van der Waals surface area contributed by atoms with Crippen LogP contribution in [0.3, 0.4) is 0 Å². The Morgan fingerprint density at radius 1 is 1.36 bits per heavy atom. The van der Waals surface area contributed by atoms with Gasteiger partial charge in [-0.25, -0.2) is 0 Å². The highest BCUT2D eigenvalue weighted by Crippen LogP contribution is 2.33. The average Bonchev–Trinajstić information content (AvgIpc) is 2.47. The first-order valence-corrected chi connectivity index (χ1v) is 7.79. The Kier molecular flexibility index (Phi) is 5.19. The van der Waals surface area contributed by atoms with Crippen molar-refractivity contribution >= 4 is 17.5 Å². The van der Waals surface area contributed by atoms with Crippen molar-refractivity contribution < 1.29 is 9.59 Å². The molecule has 0 saturated carbocycles. The van der Waals surface area contributed by atoms with Crippen LogP contribution in [0.25, 0.3) is 0 Å². The normalized spacial score (nSPS) is 18.8. The van der Waals surface area contributed by atoms with Gasteiger partial charge in [-0.3, -0.25) is 14.5 Å². The largest absolute Gasteiger partial charge is 0.348 e. The van der Waals surface area contributed by atoms with Gasteiger partial charge in [0, 0.05) is 19.2 Å². The van der Waals surface area contributed by atoms with Gasteiger partial charge in [0.05, 0.1) is 12.1 Å².